The molecule has 0 aromatic heterocycles. The summed E-state index contributed by atoms with van der Waals surface area (Å²) in [6, 6.07) is 3.04. The van der Waals surface area contributed by atoms with Gasteiger partial charge in [0, 0.05) is 12.6 Å². The monoisotopic (exact) mass is 286 g/mol. The van der Waals surface area contributed by atoms with Crippen LogP contribution in [0.2, 0.25) is 5.02 Å². The van der Waals surface area contributed by atoms with E-state index in [-0.39, 0.29) is 16.2 Å². The zero-order valence-corrected chi connectivity index (χ0v) is 11.3. The molecule has 7 heteroatoms. The highest BCUT2D eigenvalue weighted by Crippen LogP contribution is 2.28. The van der Waals surface area contributed by atoms with Gasteiger partial charge in [-0.25, -0.2) is 4.39 Å². The average Bonchev–Trinajstić information content (AvgIpc) is 2.44. The van der Waals surface area contributed by atoms with Gasteiger partial charge in [-0.1, -0.05) is 17.7 Å². The van der Waals surface area contributed by atoms with Crippen LogP contribution in [0.3, 0.4) is 0 Å². The van der Waals surface area contributed by atoms with E-state index in [4.69, 9.17) is 30.4 Å². The predicted molar refractivity (Wildman–Crippen MR) is 70.1 cm³/mol. The van der Waals surface area contributed by atoms with Crippen molar-refractivity contribution in [3.8, 4) is 5.75 Å². The smallest absolute Gasteiger partial charge is 0.538 e. The third-order valence-electron chi connectivity index (χ3n) is 2.59. The van der Waals surface area contributed by atoms with Crippen molar-refractivity contribution in [2.75, 3.05) is 13.7 Å². The van der Waals surface area contributed by atoms with Crippen molar-refractivity contribution in [2.24, 2.45) is 0 Å². The first-order chi connectivity index (χ1) is 9.13. The molecule has 1 aromatic carbocycles. The number of hydrogen-bond acceptors (Lipinski definition) is 4. The molecule has 1 aromatic rings. The summed E-state index contributed by atoms with van der Waals surface area (Å²) in [4.78, 5) is 0. The Labute approximate surface area is 116 Å². The molecule has 1 heterocycles. The Morgan fingerprint density at radius 1 is 1.47 bits per heavy atom. The van der Waals surface area contributed by atoms with Crippen molar-refractivity contribution in [2.45, 2.75) is 13.2 Å². The number of hydrogen-bond donors (Lipinski definition) is 0. The molecule has 1 unspecified atom stereocenters. The zero-order chi connectivity index (χ0) is 13.8. The van der Waals surface area contributed by atoms with E-state index in [1.54, 1.807) is 13.0 Å². The molecule has 0 bridgehead atoms. The molecule has 1 atom stereocenters. The molecule has 0 fully saturated rings. The van der Waals surface area contributed by atoms with Gasteiger partial charge in [0.05, 0.1) is 17.9 Å². The van der Waals surface area contributed by atoms with Gasteiger partial charge in [-0.3, -0.25) is 0 Å². The maximum absolute atomic E-state index is 14.4. The molecule has 0 spiro atoms. The lowest BCUT2D eigenvalue weighted by molar-refractivity contribution is -0.0402. The van der Waals surface area contributed by atoms with Crippen molar-refractivity contribution < 1.29 is 23.2 Å². The van der Waals surface area contributed by atoms with Gasteiger partial charge in [0.2, 0.25) is 0 Å². The van der Waals surface area contributed by atoms with E-state index in [9.17, 15) is 4.39 Å². The van der Waals surface area contributed by atoms with E-state index >= 15 is 0 Å². The second-order valence-electron chi connectivity index (χ2n) is 3.87. The van der Waals surface area contributed by atoms with Gasteiger partial charge in [0.25, 0.3) is 0 Å². The Morgan fingerprint density at radius 3 is 2.89 bits per heavy atom. The molecule has 0 radical (unpaired) electrons. The van der Waals surface area contributed by atoms with Crippen molar-refractivity contribution >= 4 is 24.2 Å². The summed E-state index contributed by atoms with van der Waals surface area (Å²) in [5.41, 5.74) is 0.229. The second kappa shape index (κ2) is 6.28. The van der Waals surface area contributed by atoms with E-state index in [1.807, 2.05) is 0 Å². The first kappa shape index (κ1) is 14.2. The fraction of sp³-hybridized carbons (Fsp3) is 0.333. The highest BCUT2D eigenvalue weighted by molar-refractivity contribution is 6.62. The van der Waals surface area contributed by atoms with Gasteiger partial charge in [-0.05, 0) is 19.1 Å². The number of rotatable bonds is 4. The van der Waals surface area contributed by atoms with E-state index < -0.39 is 19.2 Å². The summed E-state index contributed by atoms with van der Waals surface area (Å²) in [6.45, 7) is 2.00. The summed E-state index contributed by atoms with van der Waals surface area (Å²) >= 11 is 5.93. The molecule has 0 aliphatic carbocycles. The van der Waals surface area contributed by atoms with E-state index in [0.29, 0.717) is 6.61 Å². The summed E-state index contributed by atoms with van der Waals surface area (Å²) in [6.07, 6.45) is 2.55. The third-order valence-corrected chi connectivity index (χ3v) is 2.89. The standard InChI is InChI=1S/C12H13BClFO4/c1-8(16-2)19-12-10(14)5-4-9(11(12)15)13-17-6-3-7-18-13/h3-6,8H,7H2,1-2H3. The van der Waals surface area contributed by atoms with Crippen LogP contribution in [0.4, 0.5) is 4.39 Å². The van der Waals surface area contributed by atoms with Crippen LogP contribution in [0.15, 0.2) is 24.5 Å². The fourth-order valence-corrected chi connectivity index (χ4v) is 1.75. The second-order valence-corrected chi connectivity index (χ2v) is 4.28. The van der Waals surface area contributed by atoms with Crippen molar-refractivity contribution in [3.63, 3.8) is 0 Å². The molecule has 0 amide bonds. The minimum absolute atomic E-state index is 0.0738. The summed E-state index contributed by atoms with van der Waals surface area (Å²) in [5.74, 6) is -0.688. The normalized spacial score (nSPS) is 16.1. The topological polar surface area (TPSA) is 36.9 Å². The van der Waals surface area contributed by atoms with Crippen molar-refractivity contribution in [1.29, 1.82) is 0 Å². The Balaban J connectivity index is 2.30. The van der Waals surface area contributed by atoms with Gasteiger partial charge in [0.15, 0.2) is 17.9 Å². The first-order valence-corrected chi connectivity index (χ1v) is 6.10. The molecule has 0 N–H and O–H groups in total. The molecule has 1 aliphatic heterocycles. The zero-order valence-electron chi connectivity index (χ0n) is 10.6. The lowest BCUT2D eigenvalue weighted by atomic mass is 9.78. The van der Waals surface area contributed by atoms with Crippen molar-refractivity contribution in [1.82, 2.24) is 0 Å². The van der Waals surface area contributed by atoms with E-state index in [2.05, 4.69) is 0 Å². The Kier molecular flexibility index (Phi) is 4.68. The summed E-state index contributed by atoms with van der Waals surface area (Å²) < 4.78 is 35.1. The maximum Gasteiger partial charge on any atom is 0.565 e. The minimum atomic E-state index is -0.803. The SMILES string of the molecule is COC(C)Oc1c(Cl)ccc(B2OC=CCO2)c1F. The predicted octanol–water partition coefficient (Wildman–Crippen LogP) is 2.11. The summed E-state index contributed by atoms with van der Waals surface area (Å²) in [7, 11) is 0.654. The fourth-order valence-electron chi connectivity index (χ4n) is 1.56. The van der Waals surface area contributed by atoms with Gasteiger partial charge >= 0.3 is 7.12 Å². The highest BCUT2D eigenvalue weighted by Gasteiger charge is 2.30. The lowest BCUT2D eigenvalue weighted by Crippen LogP contribution is -2.39. The minimum Gasteiger partial charge on any atom is -0.538 e. The van der Waals surface area contributed by atoms with Crippen LogP contribution in [-0.2, 0) is 14.0 Å². The molecular formula is C12H13BClFO4. The number of benzene rings is 1. The molecular weight excluding hydrogens is 273 g/mol. The van der Waals surface area contributed by atoms with E-state index in [0.717, 1.165) is 0 Å². The molecule has 1 aliphatic rings. The first-order valence-electron chi connectivity index (χ1n) is 5.73. The Bertz CT molecular complexity index is 483. The molecule has 19 heavy (non-hydrogen) atoms. The van der Waals surface area contributed by atoms with E-state index in [1.165, 1.54) is 25.5 Å². The maximum atomic E-state index is 14.4. The van der Waals surface area contributed by atoms with Crippen LogP contribution < -0.4 is 10.2 Å². The number of ether oxygens (including phenoxy) is 2. The van der Waals surface area contributed by atoms with Crippen LogP contribution >= 0.6 is 11.6 Å². The molecule has 0 saturated heterocycles. The molecule has 2 rings (SSSR count). The Morgan fingerprint density at radius 2 is 2.26 bits per heavy atom. The average molecular weight is 286 g/mol. The van der Waals surface area contributed by atoms with Crippen LogP contribution in [0.25, 0.3) is 0 Å². The number of halogens is 2. The van der Waals surface area contributed by atoms with Crippen LogP contribution in [-0.4, -0.2) is 27.1 Å². The number of methoxy groups -OCH3 is 1. The van der Waals surface area contributed by atoms with Crippen LogP contribution in [0.5, 0.6) is 5.75 Å². The van der Waals surface area contributed by atoms with Gasteiger partial charge in [-0.15, -0.1) is 0 Å². The highest BCUT2D eigenvalue weighted by atomic mass is 35.5. The van der Waals surface area contributed by atoms with Crippen LogP contribution in [0, 0.1) is 5.82 Å². The quantitative estimate of drug-likeness (QED) is 0.627. The van der Waals surface area contributed by atoms with Gasteiger partial charge in [-0.2, -0.15) is 0 Å². The largest absolute Gasteiger partial charge is 0.565 e. The molecule has 4 nitrogen and oxygen atoms in total. The molecule has 102 valence electrons. The van der Waals surface area contributed by atoms with Gasteiger partial charge < -0.3 is 18.8 Å². The third kappa shape index (κ3) is 3.21. The lowest BCUT2D eigenvalue weighted by Gasteiger charge is -2.19. The Hall–Kier alpha value is -1.24. The van der Waals surface area contributed by atoms with Gasteiger partial charge in [0.1, 0.15) is 0 Å². The van der Waals surface area contributed by atoms with Crippen molar-refractivity contribution in [3.05, 3.63) is 35.3 Å². The summed E-state index contributed by atoms with van der Waals surface area (Å²) in [5, 5.41) is 0.163. The molecule has 0 saturated carbocycles. The van der Waals surface area contributed by atoms with Crippen LogP contribution in [0.1, 0.15) is 6.92 Å².